The van der Waals surface area contributed by atoms with Crippen molar-refractivity contribution in [1.29, 1.82) is 0 Å². The zero-order chi connectivity index (χ0) is 12.4. The Kier molecular flexibility index (Phi) is 3.28. The lowest BCUT2D eigenvalue weighted by atomic mass is 10.3. The van der Waals surface area contributed by atoms with Gasteiger partial charge in [0.2, 0.25) is 5.91 Å². The van der Waals surface area contributed by atoms with E-state index in [2.05, 4.69) is 15.6 Å². The number of nitrogens with one attached hydrogen (secondary N) is 2. The van der Waals surface area contributed by atoms with Crippen LogP contribution < -0.4 is 10.6 Å². The average Bonchev–Trinajstić information content (AvgIpc) is 2.94. The molecule has 1 saturated carbocycles. The molecule has 17 heavy (non-hydrogen) atoms. The number of hydrogen-bond donors (Lipinski definition) is 3. The number of carbonyl (C=O) groups is 2. The Morgan fingerprint density at radius 2 is 2.29 bits per heavy atom. The Morgan fingerprint density at radius 1 is 1.59 bits per heavy atom. The second-order valence-corrected chi connectivity index (χ2v) is 4.84. The van der Waals surface area contributed by atoms with E-state index < -0.39 is 12.0 Å². The second-order valence-electron chi connectivity index (χ2n) is 3.98. The van der Waals surface area contributed by atoms with E-state index in [1.165, 1.54) is 16.8 Å². The van der Waals surface area contributed by atoms with E-state index in [1.807, 2.05) is 0 Å². The third-order valence-electron chi connectivity index (χ3n) is 2.43. The molecule has 1 atom stereocenters. The maximum atomic E-state index is 11.7. The Morgan fingerprint density at radius 3 is 2.88 bits per heavy atom. The topological polar surface area (TPSA) is 91.3 Å². The maximum absolute atomic E-state index is 11.7. The summed E-state index contributed by atoms with van der Waals surface area (Å²) >= 11 is 1.18. The highest BCUT2D eigenvalue weighted by molar-refractivity contribution is 7.14. The number of hydrogen-bond acceptors (Lipinski definition) is 5. The molecule has 1 aromatic rings. The number of carbonyl (C=O) groups excluding carboxylic acids is 1. The van der Waals surface area contributed by atoms with Gasteiger partial charge in [0, 0.05) is 6.04 Å². The number of amides is 1. The normalized spacial score (nSPS) is 16.3. The van der Waals surface area contributed by atoms with E-state index in [9.17, 15) is 9.59 Å². The van der Waals surface area contributed by atoms with Gasteiger partial charge in [0.25, 0.3) is 0 Å². The van der Waals surface area contributed by atoms with Crippen LogP contribution in [-0.4, -0.2) is 34.1 Å². The summed E-state index contributed by atoms with van der Waals surface area (Å²) in [5.41, 5.74) is 1.40. The van der Waals surface area contributed by atoms with Gasteiger partial charge < -0.3 is 15.7 Å². The first-order valence-corrected chi connectivity index (χ1v) is 6.19. The SMILES string of the molecule is CC(Nc1scnc1C(=O)O)C(=O)NC1CC1. The molecule has 0 spiro atoms. The minimum absolute atomic E-state index is 0.0407. The van der Waals surface area contributed by atoms with Crippen molar-refractivity contribution in [3.8, 4) is 0 Å². The minimum Gasteiger partial charge on any atom is -0.476 e. The molecular weight excluding hydrogens is 242 g/mol. The predicted molar refractivity (Wildman–Crippen MR) is 63.3 cm³/mol. The quantitative estimate of drug-likeness (QED) is 0.727. The Labute approximate surface area is 102 Å². The molecule has 1 aromatic heterocycles. The van der Waals surface area contributed by atoms with Crippen molar-refractivity contribution in [3.05, 3.63) is 11.2 Å². The molecule has 7 heteroatoms. The van der Waals surface area contributed by atoms with Gasteiger partial charge >= 0.3 is 5.97 Å². The van der Waals surface area contributed by atoms with Gasteiger partial charge in [-0.1, -0.05) is 0 Å². The van der Waals surface area contributed by atoms with Crippen molar-refractivity contribution in [2.24, 2.45) is 0 Å². The molecule has 1 aliphatic rings. The molecule has 0 bridgehead atoms. The number of aromatic carboxylic acids is 1. The lowest BCUT2D eigenvalue weighted by molar-refractivity contribution is -0.121. The molecule has 0 aromatic carbocycles. The highest BCUT2D eigenvalue weighted by atomic mass is 32.1. The highest BCUT2D eigenvalue weighted by Crippen LogP contribution is 2.22. The van der Waals surface area contributed by atoms with Crippen molar-refractivity contribution in [2.45, 2.75) is 31.8 Å². The van der Waals surface area contributed by atoms with Gasteiger partial charge in [-0.25, -0.2) is 9.78 Å². The zero-order valence-electron chi connectivity index (χ0n) is 9.27. The van der Waals surface area contributed by atoms with Crippen LogP contribution in [0.4, 0.5) is 5.00 Å². The lowest BCUT2D eigenvalue weighted by Gasteiger charge is -2.13. The number of rotatable bonds is 5. The van der Waals surface area contributed by atoms with Crippen molar-refractivity contribution in [2.75, 3.05) is 5.32 Å². The van der Waals surface area contributed by atoms with Crippen LogP contribution in [0.1, 0.15) is 30.3 Å². The molecule has 1 aliphatic carbocycles. The molecule has 1 amide bonds. The van der Waals surface area contributed by atoms with Gasteiger partial charge in [0.1, 0.15) is 11.0 Å². The maximum Gasteiger partial charge on any atom is 0.357 e. The fourth-order valence-electron chi connectivity index (χ4n) is 1.32. The summed E-state index contributed by atoms with van der Waals surface area (Å²) in [6.07, 6.45) is 2.05. The molecule has 0 radical (unpaired) electrons. The molecule has 0 aliphatic heterocycles. The predicted octanol–water partition coefficient (Wildman–Crippen LogP) is 0.920. The second kappa shape index (κ2) is 4.70. The van der Waals surface area contributed by atoms with Crippen molar-refractivity contribution < 1.29 is 14.7 Å². The Balaban J connectivity index is 1.96. The Hall–Kier alpha value is -1.63. The molecule has 0 saturated heterocycles. The Bertz CT molecular complexity index is 442. The van der Waals surface area contributed by atoms with Gasteiger partial charge in [-0.15, -0.1) is 11.3 Å². The van der Waals surface area contributed by atoms with Gasteiger partial charge in [-0.3, -0.25) is 4.79 Å². The van der Waals surface area contributed by atoms with Crippen LogP contribution in [-0.2, 0) is 4.79 Å². The average molecular weight is 255 g/mol. The molecule has 1 heterocycles. The van der Waals surface area contributed by atoms with E-state index in [1.54, 1.807) is 6.92 Å². The number of thiazole rings is 1. The summed E-state index contributed by atoms with van der Waals surface area (Å²) in [5.74, 6) is -1.21. The molecule has 92 valence electrons. The largest absolute Gasteiger partial charge is 0.476 e. The molecule has 6 nitrogen and oxygen atoms in total. The van der Waals surface area contributed by atoms with E-state index >= 15 is 0 Å². The number of aromatic nitrogens is 1. The minimum atomic E-state index is -1.09. The van der Waals surface area contributed by atoms with E-state index in [-0.39, 0.29) is 11.6 Å². The van der Waals surface area contributed by atoms with E-state index in [0.29, 0.717) is 11.0 Å². The fourth-order valence-corrected chi connectivity index (χ4v) is 2.08. The number of carboxylic acids is 1. The summed E-state index contributed by atoms with van der Waals surface area (Å²) < 4.78 is 0. The molecule has 3 N–H and O–H groups in total. The van der Waals surface area contributed by atoms with Crippen molar-refractivity contribution in [3.63, 3.8) is 0 Å². The van der Waals surface area contributed by atoms with Crippen molar-refractivity contribution in [1.82, 2.24) is 10.3 Å². The van der Waals surface area contributed by atoms with Crippen LogP contribution in [0.25, 0.3) is 0 Å². The van der Waals surface area contributed by atoms with Crippen LogP contribution in [0.15, 0.2) is 5.51 Å². The van der Waals surface area contributed by atoms with Crippen LogP contribution in [0.5, 0.6) is 0 Å². The molecule has 1 fully saturated rings. The fraction of sp³-hybridized carbons (Fsp3) is 0.500. The summed E-state index contributed by atoms with van der Waals surface area (Å²) in [6, 6.07) is -0.165. The summed E-state index contributed by atoms with van der Waals surface area (Å²) in [4.78, 5) is 26.2. The molecule has 2 rings (SSSR count). The number of nitrogens with zero attached hydrogens (tertiary/aromatic N) is 1. The van der Waals surface area contributed by atoms with Gasteiger partial charge in [0.05, 0.1) is 5.51 Å². The van der Waals surface area contributed by atoms with Crippen LogP contribution in [0, 0.1) is 0 Å². The van der Waals surface area contributed by atoms with Crippen LogP contribution >= 0.6 is 11.3 Å². The summed E-state index contributed by atoms with van der Waals surface area (Å²) in [6.45, 7) is 1.70. The lowest BCUT2D eigenvalue weighted by Crippen LogP contribution is -2.38. The van der Waals surface area contributed by atoms with E-state index in [0.717, 1.165) is 12.8 Å². The highest BCUT2D eigenvalue weighted by Gasteiger charge is 2.26. The smallest absolute Gasteiger partial charge is 0.357 e. The van der Waals surface area contributed by atoms with Gasteiger partial charge in [-0.2, -0.15) is 0 Å². The standard InChI is InChI=1S/C10H13N3O3S/c1-5(8(14)13-6-2-3-6)12-9-7(10(15)16)11-4-17-9/h4-6,12H,2-3H2,1H3,(H,13,14)(H,15,16). The first-order valence-electron chi connectivity index (χ1n) is 5.31. The van der Waals surface area contributed by atoms with Gasteiger partial charge in [0.15, 0.2) is 5.69 Å². The van der Waals surface area contributed by atoms with E-state index in [4.69, 9.17) is 5.11 Å². The third kappa shape index (κ3) is 2.94. The monoisotopic (exact) mass is 255 g/mol. The van der Waals surface area contributed by atoms with Crippen LogP contribution in [0.2, 0.25) is 0 Å². The molecular formula is C10H13N3O3S. The number of carboxylic acid groups (broad SMARTS) is 1. The third-order valence-corrected chi connectivity index (χ3v) is 3.19. The summed E-state index contributed by atoms with van der Waals surface area (Å²) in [5, 5.41) is 15.0. The van der Waals surface area contributed by atoms with Gasteiger partial charge in [-0.05, 0) is 19.8 Å². The van der Waals surface area contributed by atoms with Crippen molar-refractivity contribution >= 4 is 28.2 Å². The summed E-state index contributed by atoms with van der Waals surface area (Å²) in [7, 11) is 0. The molecule has 1 unspecified atom stereocenters. The first kappa shape index (κ1) is 11.8. The first-order chi connectivity index (χ1) is 8.08. The van der Waals surface area contributed by atoms with Crippen LogP contribution in [0.3, 0.4) is 0 Å². The zero-order valence-corrected chi connectivity index (χ0v) is 10.1. The number of anilines is 1.